The molecule has 1 N–H and O–H groups in total. The van der Waals surface area contributed by atoms with E-state index in [9.17, 15) is 14.4 Å². The molecule has 0 aliphatic carbocycles. The van der Waals surface area contributed by atoms with E-state index in [1.165, 1.54) is 0 Å². The number of urea groups is 1. The van der Waals surface area contributed by atoms with Gasteiger partial charge in [0.05, 0.1) is 7.11 Å². The Balaban J connectivity index is 1.76. The SMILES string of the molecule is CC[C@H]1CCCCN1C(=O)CN1C(=O)N[C@@](C)(c2ccc(OC)cc2)C1=O. The van der Waals surface area contributed by atoms with E-state index < -0.39 is 17.5 Å². The second-order valence-electron chi connectivity index (χ2n) is 7.32. The summed E-state index contributed by atoms with van der Waals surface area (Å²) in [4.78, 5) is 41.1. The van der Waals surface area contributed by atoms with Crippen LogP contribution in [0.15, 0.2) is 24.3 Å². The molecule has 0 spiro atoms. The van der Waals surface area contributed by atoms with Crippen molar-refractivity contribution in [3.63, 3.8) is 0 Å². The smallest absolute Gasteiger partial charge is 0.325 e. The zero-order valence-corrected chi connectivity index (χ0v) is 16.2. The van der Waals surface area contributed by atoms with Crippen molar-refractivity contribution < 1.29 is 19.1 Å². The van der Waals surface area contributed by atoms with Crippen molar-refractivity contribution in [1.82, 2.24) is 15.1 Å². The first-order valence-corrected chi connectivity index (χ1v) is 9.48. The summed E-state index contributed by atoms with van der Waals surface area (Å²) < 4.78 is 5.14. The van der Waals surface area contributed by atoms with E-state index in [1.54, 1.807) is 38.3 Å². The highest BCUT2D eigenvalue weighted by Crippen LogP contribution is 2.30. The first kappa shape index (κ1) is 19.2. The highest BCUT2D eigenvalue weighted by molar-refractivity contribution is 6.09. The van der Waals surface area contributed by atoms with E-state index in [1.807, 2.05) is 4.90 Å². The molecule has 1 aromatic carbocycles. The number of ether oxygens (including phenoxy) is 1. The van der Waals surface area contributed by atoms with Gasteiger partial charge in [-0.25, -0.2) is 4.79 Å². The molecule has 0 unspecified atom stereocenters. The molecule has 0 aromatic heterocycles. The van der Waals surface area contributed by atoms with Gasteiger partial charge in [-0.1, -0.05) is 19.1 Å². The molecule has 146 valence electrons. The Hall–Kier alpha value is -2.57. The third-order valence-electron chi connectivity index (χ3n) is 5.65. The van der Waals surface area contributed by atoms with Crippen molar-refractivity contribution in [2.24, 2.45) is 0 Å². The normalized spacial score (nSPS) is 25.5. The molecule has 0 radical (unpaired) electrons. The summed E-state index contributed by atoms with van der Waals surface area (Å²) in [6, 6.07) is 6.65. The number of piperidine rings is 1. The minimum absolute atomic E-state index is 0.163. The fourth-order valence-corrected chi connectivity index (χ4v) is 3.94. The van der Waals surface area contributed by atoms with Gasteiger partial charge in [-0.15, -0.1) is 0 Å². The minimum atomic E-state index is -1.18. The van der Waals surface area contributed by atoms with Crippen LogP contribution in [-0.2, 0) is 15.1 Å². The van der Waals surface area contributed by atoms with Crippen LogP contribution in [0.4, 0.5) is 4.79 Å². The molecule has 2 fully saturated rings. The average Bonchev–Trinajstić information content (AvgIpc) is 2.91. The average molecular weight is 373 g/mol. The summed E-state index contributed by atoms with van der Waals surface area (Å²) in [7, 11) is 1.57. The van der Waals surface area contributed by atoms with Gasteiger partial charge in [-0.05, 0) is 50.3 Å². The summed E-state index contributed by atoms with van der Waals surface area (Å²) in [5.41, 5.74) is -0.531. The van der Waals surface area contributed by atoms with Gasteiger partial charge in [0.25, 0.3) is 5.91 Å². The van der Waals surface area contributed by atoms with Gasteiger partial charge in [-0.2, -0.15) is 0 Å². The molecule has 7 heteroatoms. The molecule has 2 aliphatic rings. The molecule has 2 heterocycles. The third kappa shape index (κ3) is 3.50. The maximum absolute atomic E-state index is 13.0. The fraction of sp³-hybridized carbons (Fsp3) is 0.550. The summed E-state index contributed by atoms with van der Waals surface area (Å²) >= 11 is 0. The molecular weight excluding hydrogens is 346 g/mol. The molecule has 2 atom stereocenters. The fourth-order valence-electron chi connectivity index (χ4n) is 3.94. The maximum Gasteiger partial charge on any atom is 0.325 e. The lowest BCUT2D eigenvalue weighted by molar-refractivity contribution is -0.141. The number of methoxy groups -OCH3 is 1. The second-order valence-corrected chi connectivity index (χ2v) is 7.32. The molecular formula is C20H27N3O4. The van der Waals surface area contributed by atoms with Crippen LogP contribution in [0.3, 0.4) is 0 Å². The minimum Gasteiger partial charge on any atom is -0.497 e. The Morgan fingerprint density at radius 3 is 2.59 bits per heavy atom. The molecule has 3 rings (SSSR count). The Morgan fingerprint density at radius 1 is 1.26 bits per heavy atom. The number of nitrogens with zero attached hydrogens (tertiary/aromatic N) is 2. The Bertz CT molecular complexity index is 733. The topological polar surface area (TPSA) is 79.0 Å². The monoisotopic (exact) mass is 373 g/mol. The maximum atomic E-state index is 13.0. The zero-order valence-electron chi connectivity index (χ0n) is 16.2. The first-order valence-electron chi connectivity index (χ1n) is 9.48. The van der Waals surface area contributed by atoms with Crippen LogP contribution in [0.25, 0.3) is 0 Å². The summed E-state index contributed by atoms with van der Waals surface area (Å²) in [6.45, 7) is 4.20. The molecule has 0 saturated carbocycles. The highest BCUT2D eigenvalue weighted by atomic mass is 16.5. The predicted octanol–water partition coefficient (Wildman–Crippen LogP) is 2.25. The van der Waals surface area contributed by atoms with Gasteiger partial charge in [0.2, 0.25) is 5.91 Å². The Morgan fingerprint density at radius 2 is 1.96 bits per heavy atom. The lowest BCUT2D eigenvalue weighted by Gasteiger charge is -2.36. The van der Waals surface area contributed by atoms with E-state index in [-0.39, 0.29) is 18.5 Å². The number of benzene rings is 1. The highest BCUT2D eigenvalue weighted by Gasteiger charge is 2.49. The summed E-state index contributed by atoms with van der Waals surface area (Å²) in [5.74, 6) is 0.0990. The number of likely N-dealkylation sites (tertiary alicyclic amines) is 1. The second kappa shape index (κ2) is 7.58. The zero-order chi connectivity index (χ0) is 19.6. The van der Waals surface area contributed by atoms with Crippen molar-refractivity contribution in [2.45, 2.75) is 51.1 Å². The Labute approximate surface area is 159 Å². The van der Waals surface area contributed by atoms with Gasteiger partial charge in [0.1, 0.15) is 17.8 Å². The predicted molar refractivity (Wildman–Crippen MR) is 100 cm³/mol. The number of carbonyl (C=O) groups is 3. The van der Waals surface area contributed by atoms with Crippen LogP contribution >= 0.6 is 0 Å². The standard InChI is InChI=1S/C20H27N3O4/c1-4-15-7-5-6-12-22(15)17(24)13-23-18(25)20(2,21-19(23)26)14-8-10-16(27-3)11-9-14/h8-11,15H,4-7,12-13H2,1-3H3,(H,21,26)/t15-,20-/m0/s1. The van der Waals surface area contributed by atoms with E-state index in [0.717, 1.165) is 30.6 Å². The number of amides is 4. The van der Waals surface area contributed by atoms with E-state index in [0.29, 0.717) is 17.9 Å². The van der Waals surface area contributed by atoms with Gasteiger partial charge in [-0.3, -0.25) is 14.5 Å². The van der Waals surface area contributed by atoms with Crippen molar-refractivity contribution in [1.29, 1.82) is 0 Å². The van der Waals surface area contributed by atoms with E-state index in [4.69, 9.17) is 4.74 Å². The van der Waals surface area contributed by atoms with Crippen LogP contribution in [0.1, 0.15) is 45.1 Å². The first-order chi connectivity index (χ1) is 12.9. The lowest BCUT2D eigenvalue weighted by atomic mass is 9.92. The van der Waals surface area contributed by atoms with Crippen LogP contribution in [0.2, 0.25) is 0 Å². The van der Waals surface area contributed by atoms with Gasteiger partial charge < -0.3 is 15.0 Å². The largest absolute Gasteiger partial charge is 0.497 e. The van der Waals surface area contributed by atoms with Crippen LogP contribution in [-0.4, -0.2) is 53.9 Å². The van der Waals surface area contributed by atoms with Crippen LogP contribution < -0.4 is 10.1 Å². The molecule has 0 bridgehead atoms. The van der Waals surface area contributed by atoms with Crippen LogP contribution in [0.5, 0.6) is 5.75 Å². The van der Waals surface area contributed by atoms with Crippen LogP contribution in [0, 0.1) is 0 Å². The van der Waals surface area contributed by atoms with E-state index in [2.05, 4.69) is 12.2 Å². The number of hydrogen-bond donors (Lipinski definition) is 1. The number of imide groups is 1. The number of carbonyl (C=O) groups excluding carboxylic acids is 3. The quantitative estimate of drug-likeness (QED) is 0.803. The van der Waals surface area contributed by atoms with Crippen molar-refractivity contribution in [3.8, 4) is 5.75 Å². The van der Waals surface area contributed by atoms with Crippen molar-refractivity contribution in [3.05, 3.63) is 29.8 Å². The Kier molecular flexibility index (Phi) is 5.39. The van der Waals surface area contributed by atoms with Gasteiger partial charge in [0.15, 0.2) is 0 Å². The molecule has 27 heavy (non-hydrogen) atoms. The summed E-state index contributed by atoms with van der Waals surface area (Å²) in [5, 5.41) is 2.74. The van der Waals surface area contributed by atoms with Gasteiger partial charge in [0, 0.05) is 12.6 Å². The van der Waals surface area contributed by atoms with Crippen molar-refractivity contribution >= 4 is 17.8 Å². The van der Waals surface area contributed by atoms with Crippen molar-refractivity contribution in [2.75, 3.05) is 20.2 Å². The number of hydrogen-bond acceptors (Lipinski definition) is 4. The van der Waals surface area contributed by atoms with Gasteiger partial charge >= 0.3 is 6.03 Å². The molecule has 2 saturated heterocycles. The molecule has 4 amide bonds. The number of nitrogens with one attached hydrogen (secondary N) is 1. The summed E-state index contributed by atoms with van der Waals surface area (Å²) in [6.07, 6.45) is 3.94. The van der Waals surface area contributed by atoms with E-state index >= 15 is 0 Å². The molecule has 2 aliphatic heterocycles. The molecule has 7 nitrogen and oxygen atoms in total. The third-order valence-corrected chi connectivity index (χ3v) is 5.65. The molecule has 1 aromatic rings. The lowest BCUT2D eigenvalue weighted by Crippen LogP contribution is -2.49. The number of rotatable bonds is 5.